The van der Waals surface area contributed by atoms with E-state index in [1.807, 2.05) is 38.2 Å². The zero-order valence-electron chi connectivity index (χ0n) is 9.75. The van der Waals surface area contributed by atoms with Crippen molar-refractivity contribution in [2.75, 3.05) is 25.5 Å². The van der Waals surface area contributed by atoms with Gasteiger partial charge >= 0.3 is 0 Å². The highest BCUT2D eigenvalue weighted by Gasteiger charge is 2.01. The second kappa shape index (κ2) is 6.85. The van der Waals surface area contributed by atoms with E-state index in [0.29, 0.717) is 19.6 Å². The zero-order chi connectivity index (χ0) is 11.8. The molecule has 0 aromatic heterocycles. The lowest BCUT2D eigenvalue weighted by molar-refractivity contribution is -0.116. The van der Waals surface area contributed by atoms with Crippen LogP contribution in [0.25, 0.3) is 0 Å². The van der Waals surface area contributed by atoms with Crippen LogP contribution in [-0.4, -0.2) is 26.1 Å². The van der Waals surface area contributed by atoms with Crippen LogP contribution in [0.15, 0.2) is 24.3 Å². The highest BCUT2D eigenvalue weighted by atomic mass is 16.5. The molecule has 0 atom stereocenters. The van der Waals surface area contributed by atoms with Crippen molar-refractivity contribution in [1.82, 2.24) is 5.32 Å². The van der Waals surface area contributed by atoms with E-state index in [4.69, 9.17) is 4.74 Å². The molecule has 4 nitrogen and oxygen atoms in total. The number of amides is 1. The monoisotopic (exact) mass is 222 g/mol. The van der Waals surface area contributed by atoms with Crippen LogP contribution in [0.4, 0.5) is 5.69 Å². The first-order chi connectivity index (χ1) is 7.76. The number of rotatable bonds is 6. The average Bonchev–Trinajstić information content (AvgIpc) is 2.29. The van der Waals surface area contributed by atoms with E-state index in [2.05, 4.69) is 10.6 Å². The van der Waals surface area contributed by atoms with Crippen LogP contribution in [-0.2, 0) is 4.79 Å². The van der Waals surface area contributed by atoms with Gasteiger partial charge in [-0.3, -0.25) is 4.79 Å². The Morgan fingerprint density at radius 2 is 2.00 bits per heavy atom. The third-order valence-corrected chi connectivity index (χ3v) is 2.05. The van der Waals surface area contributed by atoms with Crippen molar-refractivity contribution in [3.63, 3.8) is 0 Å². The van der Waals surface area contributed by atoms with Crippen molar-refractivity contribution in [2.24, 2.45) is 0 Å². The standard InChI is InChI=1S/C12H18N2O2/c1-3-16-11-6-4-10(5-7-11)14-12(15)8-9-13-2/h4-7,13H,3,8-9H2,1-2H3,(H,14,15). The fourth-order valence-corrected chi connectivity index (χ4v) is 1.26. The summed E-state index contributed by atoms with van der Waals surface area (Å²) in [7, 11) is 1.82. The molecule has 0 radical (unpaired) electrons. The summed E-state index contributed by atoms with van der Waals surface area (Å²) < 4.78 is 5.31. The lowest BCUT2D eigenvalue weighted by Gasteiger charge is -2.06. The first-order valence-electron chi connectivity index (χ1n) is 5.43. The summed E-state index contributed by atoms with van der Waals surface area (Å²) in [5.74, 6) is 0.828. The Labute approximate surface area is 96.0 Å². The first-order valence-corrected chi connectivity index (χ1v) is 5.43. The van der Waals surface area contributed by atoms with Crippen LogP contribution in [0, 0.1) is 0 Å². The maximum Gasteiger partial charge on any atom is 0.225 e. The Morgan fingerprint density at radius 3 is 2.56 bits per heavy atom. The number of carbonyl (C=O) groups is 1. The quantitative estimate of drug-likeness (QED) is 0.769. The maximum absolute atomic E-state index is 11.4. The van der Waals surface area contributed by atoms with Crippen LogP contribution >= 0.6 is 0 Å². The summed E-state index contributed by atoms with van der Waals surface area (Å²) in [5, 5.41) is 5.74. The molecule has 1 rings (SSSR count). The van der Waals surface area contributed by atoms with E-state index in [9.17, 15) is 4.79 Å². The molecule has 0 bridgehead atoms. The van der Waals surface area contributed by atoms with Crippen molar-refractivity contribution in [3.8, 4) is 5.75 Å². The number of ether oxygens (including phenoxy) is 1. The number of benzene rings is 1. The minimum atomic E-state index is 0.0125. The van der Waals surface area contributed by atoms with Crippen molar-refractivity contribution in [2.45, 2.75) is 13.3 Å². The average molecular weight is 222 g/mol. The topological polar surface area (TPSA) is 50.4 Å². The molecule has 0 fully saturated rings. The van der Waals surface area contributed by atoms with Crippen LogP contribution in [0.1, 0.15) is 13.3 Å². The molecule has 0 unspecified atom stereocenters. The molecule has 4 heteroatoms. The van der Waals surface area contributed by atoms with Gasteiger partial charge in [-0.15, -0.1) is 0 Å². The third-order valence-electron chi connectivity index (χ3n) is 2.05. The van der Waals surface area contributed by atoms with Crippen LogP contribution in [0.5, 0.6) is 5.75 Å². The summed E-state index contributed by atoms with van der Waals surface area (Å²) in [6.45, 7) is 3.27. The van der Waals surface area contributed by atoms with E-state index in [-0.39, 0.29) is 5.91 Å². The van der Waals surface area contributed by atoms with Gasteiger partial charge in [0.1, 0.15) is 5.75 Å². The molecule has 0 saturated heterocycles. The molecule has 0 heterocycles. The number of hydrogen-bond acceptors (Lipinski definition) is 3. The second-order valence-electron chi connectivity index (χ2n) is 3.36. The van der Waals surface area contributed by atoms with Gasteiger partial charge in [0.2, 0.25) is 5.91 Å². The molecule has 1 amide bonds. The van der Waals surface area contributed by atoms with Gasteiger partial charge in [-0.05, 0) is 38.2 Å². The summed E-state index contributed by atoms with van der Waals surface area (Å²) in [5.41, 5.74) is 0.796. The lowest BCUT2D eigenvalue weighted by atomic mass is 10.3. The second-order valence-corrected chi connectivity index (χ2v) is 3.36. The van der Waals surface area contributed by atoms with Crippen molar-refractivity contribution in [1.29, 1.82) is 0 Å². The smallest absolute Gasteiger partial charge is 0.225 e. The molecule has 88 valence electrons. The van der Waals surface area contributed by atoms with Crippen LogP contribution in [0.2, 0.25) is 0 Å². The molecule has 0 aliphatic heterocycles. The summed E-state index contributed by atoms with van der Waals surface area (Å²) in [6, 6.07) is 7.36. The van der Waals surface area contributed by atoms with E-state index < -0.39 is 0 Å². The Hall–Kier alpha value is -1.55. The highest BCUT2D eigenvalue weighted by Crippen LogP contribution is 2.15. The number of carbonyl (C=O) groups excluding carboxylic acids is 1. The van der Waals surface area contributed by atoms with Gasteiger partial charge in [0.15, 0.2) is 0 Å². The van der Waals surface area contributed by atoms with Crippen molar-refractivity contribution < 1.29 is 9.53 Å². The van der Waals surface area contributed by atoms with Gasteiger partial charge < -0.3 is 15.4 Å². The molecule has 2 N–H and O–H groups in total. The zero-order valence-corrected chi connectivity index (χ0v) is 9.75. The minimum Gasteiger partial charge on any atom is -0.494 e. The SMILES string of the molecule is CCOc1ccc(NC(=O)CCNC)cc1. The van der Waals surface area contributed by atoms with E-state index in [1.54, 1.807) is 0 Å². The Bertz CT molecular complexity index is 322. The molecule has 1 aromatic rings. The van der Waals surface area contributed by atoms with Gasteiger partial charge in [0, 0.05) is 18.7 Å². The Balaban J connectivity index is 2.45. The largest absolute Gasteiger partial charge is 0.494 e. The molecule has 0 saturated carbocycles. The molecular formula is C12H18N2O2. The van der Waals surface area contributed by atoms with Gasteiger partial charge in [0.25, 0.3) is 0 Å². The molecule has 0 aliphatic carbocycles. The Kier molecular flexibility index (Phi) is 5.36. The predicted octanol–water partition coefficient (Wildman–Crippen LogP) is 1.63. The Morgan fingerprint density at radius 1 is 1.31 bits per heavy atom. The summed E-state index contributed by atoms with van der Waals surface area (Å²) in [6.07, 6.45) is 0.476. The fraction of sp³-hybridized carbons (Fsp3) is 0.417. The minimum absolute atomic E-state index is 0.0125. The molecule has 0 aliphatic rings. The number of anilines is 1. The molecule has 0 spiro atoms. The van der Waals surface area contributed by atoms with Gasteiger partial charge in [-0.2, -0.15) is 0 Å². The lowest BCUT2D eigenvalue weighted by Crippen LogP contribution is -2.18. The van der Waals surface area contributed by atoms with E-state index in [1.165, 1.54) is 0 Å². The van der Waals surface area contributed by atoms with E-state index in [0.717, 1.165) is 11.4 Å². The normalized spacial score (nSPS) is 9.88. The molecule has 1 aromatic carbocycles. The maximum atomic E-state index is 11.4. The van der Waals surface area contributed by atoms with Crippen LogP contribution < -0.4 is 15.4 Å². The summed E-state index contributed by atoms with van der Waals surface area (Å²) in [4.78, 5) is 11.4. The predicted molar refractivity (Wildman–Crippen MR) is 64.8 cm³/mol. The first kappa shape index (κ1) is 12.5. The van der Waals surface area contributed by atoms with Gasteiger partial charge in [0.05, 0.1) is 6.61 Å². The molecule has 16 heavy (non-hydrogen) atoms. The van der Waals surface area contributed by atoms with Crippen LogP contribution in [0.3, 0.4) is 0 Å². The molecular weight excluding hydrogens is 204 g/mol. The summed E-state index contributed by atoms with van der Waals surface area (Å²) >= 11 is 0. The van der Waals surface area contributed by atoms with Gasteiger partial charge in [-0.25, -0.2) is 0 Å². The van der Waals surface area contributed by atoms with Crippen molar-refractivity contribution in [3.05, 3.63) is 24.3 Å². The fourth-order valence-electron chi connectivity index (χ4n) is 1.26. The van der Waals surface area contributed by atoms with E-state index >= 15 is 0 Å². The number of nitrogens with one attached hydrogen (secondary N) is 2. The van der Waals surface area contributed by atoms with Gasteiger partial charge in [-0.1, -0.05) is 0 Å². The van der Waals surface area contributed by atoms with Crippen molar-refractivity contribution >= 4 is 11.6 Å². The highest BCUT2D eigenvalue weighted by molar-refractivity contribution is 5.90. The number of hydrogen-bond donors (Lipinski definition) is 2. The third kappa shape index (κ3) is 4.31.